The van der Waals surface area contributed by atoms with Crippen LogP contribution in [0.3, 0.4) is 0 Å². The second-order valence-corrected chi connectivity index (χ2v) is 3.05. The van der Waals surface area contributed by atoms with E-state index >= 15 is 0 Å². The fraction of sp³-hybridized carbons (Fsp3) is 0.333. The van der Waals surface area contributed by atoms with Crippen LogP contribution in [0.4, 0.5) is 0 Å². The summed E-state index contributed by atoms with van der Waals surface area (Å²) in [6.07, 6.45) is 0. The highest BCUT2D eigenvalue weighted by molar-refractivity contribution is 5.51. The summed E-state index contributed by atoms with van der Waals surface area (Å²) >= 11 is 0. The van der Waals surface area contributed by atoms with Crippen molar-refractivity contribution in [3.8, 4) is 11.5 Å². The normalized spacial score (nSPS) is 19.7. The number of hydrogen-bond donors (Lipinski definition) is 3. The molecule has 0 bridgehead atoms. The van der Waals surface area contributed by atoms with E-state index in [1.54, 1.807) is 6.07 Å². The van der Waals surface area contributed by atoms with Crippen molar-refractivity contribution >= 4 is 0 Å². The zero-order valence-electron chi connectivity index (χ0n) is 7.03. The monoisotopic (exact) mass is 181 g/mol. The molecule has 1 heterocycles. The number of aliphatic hydroxyl groups excluding tert-OH is 1. The average molecular weight is 181 g/mol. The number of rotatable bonds is 1. The fourth-order valence-corrected chi connectivity index (χ4v) is 1.59. The molecule has 0 aromatic heterocycles. The van der Waals surface area contributed by atoms with Crippen molar-refractivity contribution in [2.24, 2.45) is 5.73 Å². The third-order valence-corrected chi connectivity index (χ3v) is 2.24. The van der Waals surface area contributed by atoms with Gasteiger partial charge in [-0.25, -0.2) is 0 Å². The van der Waals surface area contributed by atoms with E-state index in [0.29, 0.717) is 17.9 Å². The fourth-order valence-electron chi connectivity index (χ4n) is 1.59. The zero-order valence-corrected chi connectivity index (χ0v) is 7.03. The Balaban J connectivity index is 2.60. The van der Waals surface area contributed by atoms with Gasteiger partial charge in [-0.05, 0) is 12.1 Å². The highest BCUT2D eigenvalue weighted by Crippen LogP contribution is 2.37. The first-order chi connectivity index (χ1) is 6.24. The van der Waals surface area contributed by atoms with E-state index in [4.69, 9.17) is 15.6 Å². The van der Waals surface area contributed by atoms with Gasteiger partial charge in [0.1, 0.15) is 18.1 Å². The molecule has 0 saturated heterocycles. The Morgan fingerprint density at radius 2 is 2.31 bits per heavy atom. The number of hydrogen-bond acceptors (Lipinski definition) is 4. The number of aliphatic hydroxyl groups is 1. The molecule has 0 fully saturated rings. The van der Waals surface area contributed by atoms with Crippen molar-refractivity contribution in [2.45, 2.75) is 12.6 Å². The van der Waals surface area contributed by atoms with E-state index in [2.05, 4.69) is 0 Å². The lowest BCUT2D eigenvalue weighted by molar-refractivity contribution is 0.274. The molecule has 1 aliphatic rings. The van der Waals surface area contributed by atoms with E-state index in [1.807, 2.05) is 0 Å². The van der Waals surface area contributed by atoms with Gasteiger partial charge in [0.05, 0.1) is 12.6 Å². The Labute approximate surface area is 75.6 Å². The van der Waals surface area contributed by atoms with Crippen molar-refractivity contribution in [3.63, 3.8) is 0 Å². The van der Waals surface area contributed by atoms with E-state index in [-0.39, 0.29) is 18.4 Å². The minimum Gasteiger partial charge on any atom is -0.508 e. The molecule has 2 rings (SSSR count). The highest BCUT2D eigenvalue weighted by atomic mass is 16.5. The van der Waals surface area contributed by atoms with E-state index in [9.17, 15) is 5.11 Å². The van der Waals surface area contributed by atoms with Crippen molar-refractivity contribution in [2.75, 3.05) is 6.61 Å². The van der Waals surface area contributed by atoms with Gasteiger partial charge < -0.3 is 20.7 Å². The molecule has 0 unspecified atom stereocenters. The number of aromatic hydroxyl groups is 1. The van der Waals surface area contributed by atoms with Crippen molar-refractivity contribution < 1.29 is 14.9 Å². The number of phenols is 1. The topological polar surface area (TPSA) is 75.7 Å². The van der Waals surface area contributed by atoms with Gasteiger partial charge in [0.2, 0.25) is 0 Å². The summed E-state index contributed by atoms with van der Waals surface area (Å²) in [5.41, 5.74) is 6.94. The molecule has 0 spiro atoms. The number of nitrogens with two attached hydrogens (primary N) is 1. The minimum atomic E-state index is -0.246. The summed E-state index contributed by atoms with van der Waals surface area (Å²) in [5.74, 6) is 0.733. The quantitative estimate of drug-likeness (QED) is 0.581. The van der Waals surface area contributed by atoms with Crippen LogP contribution in [0.2, 0.25) is 0 Å². The Bertz CT molecular complexity index is 338. The molecule has 1 aliphatic heterocycles. The molecule has 4 N–H and O–H groups in total. The second-order valence-electron chi connectivity index (χ2n) is 3.05. The van der Waals surface area contributed by atoms with Crippen LogP contribution in [0.15, 0.2) is 12.1 Å². The van der Waals surface area contributed by atoms with Gasteiger partial charge in [0.25, 0.3) is 0 Å². The maximum atomic E-state index is 9.42. The molecule has 0 saturated carbocycles. The summed E-state index contributed by atoms with van der Waals surface area (Å²) in [7, 11) is 0. The molecule has 4 heteroatoms. The smallest absolute Gasteiger partial charge is 0.124 e. The van der Waals surface area contributed by atoms with Crippen LogP contribution in [0, 0.1) is 0 Å². The Morgan fingerprint density at radius 3 is 3.00 bits per heavy atom. The highest BCUT2D eigenvalue weighted by Gasteiger charge is 2.25. The number of fused-ring (bicyclic) bond motifs is 1. The molecular formula is C9H11NO3. The second kappa shape index (κ2) is 2.90. The maximum absolute atomic E-state index is 9.42. The maximum Gasteiger partial charge on any atom is 0.124 e. The van der Waals surface area contributed by atoms with E-state index in [0.717, 1.165) is 5.56 Å². The first-order valence-electron chi connectivity index (χ1n) is 4.08. The van der Waals surface area contributed by atoms with Crippen LogP contribution in [0.1, 0.15) is 17.2 Å². The summed E-state index contributed by atoms with van der Waals surface area (Å²) < 4.78 is 5.26. The predicted molar refractivity (Wildman–Crippen MR) is 46.5 cm³/mol. The van der Waals surface area contributed by atoms with Crippen molar-refractivity contribution in [1.29, 1.82) is 0 Å². The molecule has 0 aliphatic carbocycles. The van der Waals surface area contributed by atoms with Crippen molar-refractivity contribution in [1.82, 2.24) is 0 Å². The standard InChI is InChI=1S/C9H11NO3/c10-6-4-13-8-2-1-7(12)5(3-11)9(6)8/h1-2,6,11-12H,3-4,10H2/t6-/m0/s1. The van der Waals surface area contributed by atoms with Crippen LogP contribution in [0.5, 0.6) is 11.5 Å². The number of benzene rings is 1. The third-order valence-electron chi connectivity index (χ3n) is 2.24. The molecule has 0 amide bonds. The Hall–Kier alpha value is -1.26. The molecule has 1 aromatic carbocycles. The Kier molecular flexibility index (Phi) is 1.86. The van der Waals surface area contributed by atoms with Gasteiger partial charge in [-0.3, -0.25) is 0 Å². The summed E-state index contributed by atoms with van der Waals surface area (Å²) in [6, 6.07) is 2.92. The van der Waals surface area contributed by atoms with Gasteiger partial charge in [-0.1, -0.05) is 0 Å². The SMILES string of the molecule is N[C@H]1COc2ccc(O)c(CO)c21. The first kappa shape index (κ1) is 8.34. The largest absolute Gasteiger partial charge is 0.508 e. The summed E-state index contributed by atoms with van der Waals surface area (Å²) in [4.78, 5) is 0. The number of ether oxygens (including phenoxy) is 1. The molecular weight excluding hydrogens is 170 g/mol. The van der Waals surface area contributed by atoms with Crippen molar-refractivity contribution in [3.05, 3.63) is 23.3 Å². The van der Waals surface area contributed by atoms with Crippen LogP contribution in [-0.4, -0.2) is 16.8 Å². The molecule has 0 radical (unpaired) electrons. The van der Waals surface area contributed by atoms with Gasteiger partial charge in [0, 0.05) is 11.1 Å². The van der Waals surface area contributed by atoms with Crippen LogP contribution in [-0.2, 0) is 6.61 Å². The van der Waals surface area contributed by atoms with Crippen LogP contribution >= 0.6 is 0 Å². The molecule has 1 aromatic rings. The van der Waals surface area contributed by atoms with Gasteiger partial charge >= 0.3 is 0 Å². The van der Waals surface area contributed by atoms with Gasteiger partial charge in [-0.15, -0.1) is 0 Å². The lowest BCUT2D eigenvalue weighted by Crippen LogP contribution is -2.12. The van der Waals surface area contributed by atoms with Gasteiger partial charge in [-0.2, -0.15) is 0 Å². The van der Waals surface area contributed by atoms with E-state index in [1.165, 1.54) is 6.07 Å². The first-order valence-corrected chi connectivity index (χ1v) is 4.08. The zero-order chi connectivity index (χ0) is 9.42. The van der Waals surface area contributed by atoms with Crippen LogP contribution in [0.25, 0.3) is 0 Å². The Morgan fingerprint density at radius 1 is 1.54 bits per heavy atom. The molecule has 4 nitrogen and oxygen atoms in total. The van der Waals surface area contributed by atoms with Crippen LogP contribution < -0.4 is 10.5 Å². The van der Waals surface area contributed by atoms with Gasteiger partial charge in [0.15, 0.2) is 0 Å². The summed E-state index contributed by atoms with van der Waals surface area (Å²) in [6.45, 7) is 0.192. The predicted octanol–water partition coefficient (Wildman–Crippen LogP) is 0.277. The molecule has 13 heavy (non-hydrogen) atoms. The van der Waals surface area contributed by atoms with E-state index < -0.39 is 0 Å². The molecule has 1 atom stereocenters. The third kappa shape index (κ3) is 1.15. The lowest BCUT2D eigenvalue weighted by Gasteiger charge is -2.08. The average Bonchev–Trinajstić information content (AvgIpc) is 2.49. The molecule has 70 valence electrons. The summed E-state index contributed by atoms with van der Waals surface area (Å²) in [5, 5.41) is 18.5. The minimum absolute atomic E-state index is 0.0715. The lowest BCUT2D eigenvalue weighted by atomic mass is 10.0.